The van der Waals surface area contributed by atoms with Crippen molar-refractivity contribution in [3.63, 3.8) is 0 Å². The molecule has 0 amide bonds. The second-order valence-electron chi connectivity index (χ2n) is 3.75. The van der Waals surface area contributed by atoms with Crippen molar-refractivity contribution in [2.75, 3.05) is 0 Å². The first-order valence-corrected chi connectivity index (χ1v) is 4.07. The van der Waals surface area contributed by atoms with Crippen LogP contribution in [-0.4, -0.2) is 10.7 Å². The monoisotopic (exact) mass is 155 g/mol. The second kappa shape index (κ2) is 4.35. The molecule has 0 rings (SSSR count). The van der Waals surface area contributed by atoms with E-state index in [-0.39, 0.29) is 0 Å². The van der Waals surface area contributed by atoms with E-state index in [9.17, 15) is 5.11 Å². The maximum absolute atomic E-state index is 9.66. The van der Waals surface area contributed by atoms with Crippen LogP contribution in [0.15, 0.2) is 0 Å². The SMILES string of the molecule is CC(C)CC(C)(O)CCC#N. The summed E-state index contributed by atoms with van der Waals surface area (Å²) in [5, 5.41) is 18.0. The topological polar surface area (TPSA) is 44.0 Å². The van der Waals surface area contributed by atoms with Crippen molar-refractivity contribution in [2.24, 2.45) is 5.92 Å². The molecule has 1 atom stereocenters. The standard InChI is InChI=1S/C9H17NO/c1-8(2)7-9(3,11)5-4-6-10/h8,11H,4-5,7H2,1-3H3. The Labute approximate surface area is 68.8 Å². The Kier molecular flexibility index (Phi) is 4.14. The number of nitriles is 1. The van der Waals surface area contributed by atoms with Crippen molar-refractivity contribution < 1.29 is 5.11 Å². The summed E-state index contributed by atoms with van der Waals surface area (Å²) in [7, 11) is 0. The normalized spacial score (nSPS) is 16.0. The summed E-state index contributed by atoms with van der Waals surface area (Å²) in [5.41, 5.74) is -0.649. The summed E-state index contributed by atoms with van der Waals surface area (Å²) in [4.78, 5) is 0. The summed E-state index contributed by atoms with van der Waals surface area (Å²) in [6, 6.07) is 2.04. The average molecular weight is 155 g/mol. The third-order valence-corrected chi connectivity index (χ3v) is 1.62. The molecule has 0 radical (unpaired) electrons. The maximum atomic E-state index is 9.66. The zero-order valence-corrected chi connectivity index (χ0v) is 7.59. The zero-order chi connectivity index (χ0) is 8.91. The van der Waals surface area contributed by atoms with Gasteiger partial charge in [0, 0.05) is 6.42 Å². The average Bonchev–Trinajstić information content (AvgIpc) is 1.81. The van der Waals surface area contributed by atoms with Gasteiger partial charge in [-0.15, -0.1) is 0 Å². The Balaban J connectivity index is 3.72. The van der Waals surface area contributed by atoms with Crippen molar-refractivity contribution in [3.8, 4) is 6.07 Å². The van der Waals surface area contributed by atoms with Crippen molar-refractivity contribution >= 4 is 0 Å². The van der Waals surface area contributed by atoms with Gasteiger partial charge >= 0.3 is 0 Å². The zero-order valence-electron chi connectivity index (χ0n) is 7.59. The van der Waals surface area contributed by atoms with Gasteiger partial charge in [-0.25, -0.2) is 0 Å². The molecule has 1 N–H and O–H groups in total. The summed E-state index contributed by atoms with van der Waals surface area (Å²) in [5.74, 6) is 0.490. The molecule has 0 saturated heterocycles. The minimum Gasteiger partial charge on any atom is -0.390 e. The van der Waals surface area contributed by atoms with Gasteiger partial charge in [0.15, 0.2) is 0 Å². The highest BCUT2D eigenvalue weighted by Crippen LogP contribution is 2.20. The third-order valence-electron chi connectivity index (χ3n) is 1.62. The minimum atomic E-state index is -0.649. The lowest BCUT2D eigenvalue weighted by Gasteiger charge is -2.23. The molecule has 0 aromatic rings. The summed E-state index contributed by atoms with van der Waals surface area (Å²) < 4.78 is 0. The van der Waals surface area contributed by atoms with Crippen LogP contribution in [0, 0.1) is 17.2 Å². The van der Waals surface area contributed by atoms with Gasteiger partial charge < -0.3 is 5.11 Å². The highest BCUT2D eigenvalue weighted by molar-refractivity contribution is 4.80. The van der Waals surface area contributed by atoms with Crippen LogP contribution in [0.5, 0.6) is 0 Å². The van der Waals surface area contributed by atoms with Gasteiger partial charge in [-0.05, 0) is 25.7 Å². The van der Waals surface area contributed by atoms with Gasteiger partial charge in [-0.1, -0.05) is 13.8 Å². The molecule has 64 valence electrons. The van der Waals surface area contributed by atoms with E-state index in [1.54, 1.807) is 6.92 Å². The van der Waals surface area contributed by atoms with Crippen LogP contribution in [0.3, 0.4) is 0 Å². The Hall–Kier alpha value is -0.550. The maximum Gasteiger partial charge on any atom is 0.0632 e. The summed E-state index contributed by atoms with van der Waals surface area (Å²) in [6.45, 7) is 5.94. The van der Waals surface area contributed by atoms with Crippen LogP contribution in [-0.2, 0) is 0 Å². The van der Waals surface area contributed by atoms with Crippen molar-refractivity contribution in [2.45, 2.75) is 45.6 Å². The molecular formula is C9H17NO. The molecule has 1 unspecified atom stereocenters. The highest BCUT2D eigenvalue weighted by atomic mass is 16.3. The molecule has 11 heavy (non-hydrogen) atoms. The first-order valence-electron chi connectivity index (χ1n) is 4.07. The fourth-order valence-corrected chi connectivity index (χ4v) is 1.31. The number of nitrogens with zero attached hydrogens (tertiary/aromatic N) is 1. The van der Waals surface area contributed by atoms with Crippen molar-refractivity contribution in [1.82, 2.24) is 0 Å². The van der Waals surface area contributed by atoms with Crippen molar-refractivity contribution in [1.29, 1.82) is 5.26 Å². The van der Waals surface area contributed by atoms with Crippen molar-refractivity contribution in [3.05, 3.63) is 0 Å². The van der Waals surface area contributed by atoms with Crippen LogP contribution in [0.4, 0.5) is 0 Å². The summed E-state index contributed by atoms with van der Waals surface area (Å²) in [6.07, 6.45) is 1.80. The lowest BCUT2D eigenvalue weighted by atomic mass is 9.90. The predicted octanol–water partition coefficient (Wildman–Crippen LogP) is 2.09. The Morgan fingerprint density at radius 2 is 2.09 bits per heavy atom. The molecule has 0 heterocycles. The molecule has 2 heteroatoms. The number of rotatable bonds is 4. The van der Waals surface area contributed by atoms with Crippen LogP contribution >= 0.6 is 0 Å². The molecule has 0 fully saturated rings. The van der Waals surface area contributed by atoms with E-state index >= 15 is 0 Å². The Bertz CT molecular complexity index is 144. The van der Waals surface area contributed by atoms with E-state index in [4.69, 9.17) is 5.26 Å². The molecular weight excluding hydrogens is 138 g/mol. The van der Waals surface area contributed by atoms with E-state index in [2.05, 4.69) is 13.8 Å². The molecule has 0 spiro atoms. The second-order valence-corrected chi connectivity index (χ2v) is 3.75. The molecule has 0 saturated carbocycles. The fourth-order valence-electron chi connectivity index (χ4n) is 1.31. The van der Waals surface area contributed by atoms with E-state index in [1.807, 2.05) is 6.07 Å². The molecule has 0 aliphatic carbocycles. The molecule has 0 aliphatic rings. The minimum absolute atomic E-state index is 0.444. The van der Waals surface area contributed by atoms with E-state index < -0.39 is 5.60 Å². The van der Waals surface area contributed by atoms with Crippen LogP contribution in [0.2, 0.25) is 0 Å². The molecule has 0 aromatic heterocycles. The molecule has 2 nitrogen and oxygen atoms in total. The van der Waals surface area contributed by atoms with Crippen LogP contribution in [0.25, 0.3) is 0 Å². The fraction of sp³-hybridized carbons (Fsp3) is 0.889. The lowest BCUT2D eigenvalue weighted by molar-refractivity contribution is 0.0313. The Morgan fingerprint density at radius 1 is 1.55 bits per heavy atom. The number of hydrogen-bond donors (Lipinski definition) is 1. The van der Waals surface area contributed by atoms with E-state index in [0.29, 0.717) is 18.8 Å². The first kappa shape index (κ1) is 10.4. The van der Waals surface area contributed by atoms with Gasteiger partial charge in [-0.3, -0.25) is 0 Å². The van der Waals surface area contributed by atoms with Gasteiger partial charge in [-0.2, -0.15) is 5.26 Å². The third kappa shape index (κ3) is 5.87. The van der Waals surface area contributed by atoms with Crippen LogP contribution < -0.4 is 0 Å². The molecule has 0 aromatic carbocycles. The van der Waals surface area contributed by atoms with E-state index in [1.165, 1.54) is 0 Å². The molecule has 0 aliphatic heterocycles. The number of aliphatic hydroxyl groups is 1. The number of hydrogen-bond acceptors (Lipinski definition) is 2. The van der Waals surface area contributed by atoms with Gasteiger partial charge in [0.1, 0.15) is 0 Å². The van der Waals surface area contributed by atoms with Gasteiger partial charge in [0.05, 0.1) is 11.7 Å². The van der Waals surface area contributed by atoms with E-state index in [0.717, 1.165) is 6.42 Å². The lowest BCUT2D eigenvalue weighted by Crippen LogP contribution is -2.25. The van der Waals surface area contributed by atoms with Crippen LogP contribution in [0.1, 0.15) is 40.0 Å². The predicted molar refractivity (Wildman–Crippen MR) is 44.9 cm³/mol. The molecule has 0 bridgehead atoms. The Morgan fingerprint density at radius 3 is 2.45 bits per heavy atom. The quantitative estimate of drug-likeness (QED) is 0.675. The largest absolute Gasteiger partial charge is 0.390 e. The highest BCUT2D eigenvalue weighted by Gasteiger charge is 2.20. The van der Waals surface area contributed by atoms with Gasteiger partial charge in [0.25, 0.3) is 0 Å². The first-order chi connectivity index (χ1) is 4.98. The smallest absolute Gasteiger partial charge is 0.0632 e. The van der Waals surface area contributed by atoms with Gasteiger partial charge in [0.2, 0.25) is 0 Å². The summed E-state index contributed by atoms with van der Waals surface area (Å²) >= 11 is 0.